The lowest BCUT2D eigenvalue weighted by molar-refractivity contribution is 0.142. The van der Waals surface area contributed by atoms with Crippen molar-refractivity contribution >= 4 is 53.2 Å². The van der Waals surface area contributed by atoms with Crippen LogP contribution in [0.5, 0.6) is 0 Å². The first-order chi connectivity index (χ1) is 26.2. The first kappa shape index (κ1) is 45.8. The Morgan fingerprint density at radius 1 is 0.491 bits per heavy atom. The summed E-state index contributed by atoms with van der Waals surface area (Å²) in [4.78, 5) is 0. The predicted molar refractivity (Wildman–Crippen MR) is 218 cm³/mol. The highest BCUT2D eigenvalue weighted by molar-refractivity contribution is 15.0. The van der Waals surface area contributed by atoms with Gasteiger partial charge in [-0.05, 0) is 134 Å². The fourth-order valence-electron chi connectivity index (χ4n) is 8.07. The molecular formula is C42H41BrF10I2. The molecule has 0 atom stereocenters. The van der Waals surface area contributed by atoms with Gasteiger partial charge in [-0.1, -0.05) is 61.4 Å². The lowest BCUT2D eigenvalue weighted by Crippen LogP contribution is -2.26. The normalized spacial score (nSPS) is 19.6. The Labute approximate surface area is 347 Å². The minimum Gasteiger partial charge on any atom is -0.206 e. The molecule has 0 radical (unpaired) electrons. The number of hydrogen-bond acceptors (Lipinski definition) is 0. The number of unbranched alkanes of at least 4 members (excludes halogenated alkanes) is 2. The molecule has 0 N–H and O–H groups in total. The van der Waals surface area contributed by atoms with E-state index in [0.717, 1.165) is 42.7 Å². The van der Waals surface area contributed by atoms with Gasteiger partial charge in [-0.2, -0.15) is 0 Å². The third-order valence-electron chi connectivity index (χ3n) is 10.8. The van der Waals surface area contributed by atoms with Crippen LogP contribution in [0.2, 0.25) is 0 Å². The number of hydrogen-bond donors (Lipinski definition) is 0. The van der Waals surface area contributed by atoms with Gasteiger partial charge in [0.1, 0.15) is 23.3 Å². The van der Waals surface area contributed by atoms with Gasteiger partial charge in [0.2, 0.25) is 0 Å². The molecule has 0 aliphatic heterocycles. The second-order valence-electron chi connectivity index (χ2n) is 14.4. The van der Waals surface area contributed by atoms with Gasteiger partial charge in [-0.25, -0.2) is 43.9 Å². The summed E-state index contributed by atoms with van der Waals surface area (Å²) < 4.78 is 136. The van der Waals surface area contributed by atoms with Crippen molar-refractivity contribution in [3.8, 4) is 22.3 Å². The van der Waals surface area contributed by atoms with Crippen LogP contribution in [0.3, 0.4) is 0 Å². The van der Waals surface area contributed by atoms with Crippen molar-refractivity contribution in [2.45, 2.75) is 90.4 Å². The maximum absolute atomic E-state index is 14.8. The molecule has 13 heteroatoms. The summed E-state index contributed by atoms with van der Waals surface area (Å²) in [5.74, 6) is -10.1. The van der Waals surface area contributed by atoms with E-state index in [4.69, 9.17) is 0 Å². The van der Waals surface area contributed by atoms with Crippen LogP contribution in [0.1, 0.15) is 89.5 Å². The number of halogens is 13. The van der Waals surface area contributed by atoms with E-state index >= 15 is 0 Å². The van der Waals surface area contributed by atoms with Gasteiger partial charge in [0.25, 0.3) is 0 Å². The van der Waals surface area contributed by atoms with Crippen molar-refractivity contribution in [1.29, 1.82) is 0 Å². The molecule has 6 rings (SSSR count). The fraction of sp³-hybridized carbons (Fsp3) is 0.429. The molecule has 2 fully saturated rings. The lowest BCUT2D eigenvalue weighted by atomic mass is 9.68. The number of benzene rings is 4. The molecule has 0 bridgehead atoms. The third kappa shape index (κ3) is 12.3. The van der Waals surface area contributed by atoms with Crippen LogP contribution in [0.4, 0.5) is 43.9 Å². The molecule has 2 aliphatic rings. The smallest absolute Gasteiger partial charge is 0.194 e. The summed E-state index contributed by atoms with van der Waals surface area (Å²) in [5.41, 5.74) is -1.34. The van der Waals surface area contributed by atoms with Gasteiger partial charge < -0.3 is 0 Å². The molecule has 55 heavy (non-hydrogen) atoms. The fourth-order valence-corrected chi connectivity index (χ4v) is 8.47. The van der Waals surface area contributed by atoms with Crippen LogP contribution in [-0.2, 0) is 6.42 Å². The molecule has 0 spiro atoms. The molecule has 300 valence electrons. The molecule has 0 aromatic heterocycles. The Morgan fingerprint density at radius 3 is 1.24 bits per heavy atom. The molecule has 2 saturated carbocycles. The molecule has 4 aromatic carbocycles. The summed E-state index contributed by atoms with van der Waals surface area (Å²) in [6.45, 7) is 2.26. The van der Waals surface area contributed by atoms with Crippen LogP contribution < -0.4 is 0 Å². The maximum atomic E-state index is 14.8. The quantitative estimate of drug-likeness (QED) is 0.0678. The van der Waals surface area contributed by atoms with Gasteiger partial charge in [0, 0.05) is 41.7 Å². The summed E-state index contributed by atoms with van der Waals surface area (Å²) >= 11 is 7.11. The van der Waals surface area contributed by atoms with Gasteiger partial charge in [-0.15, -0.1) is 0 Å². The Morgan fingerprint density at radius 2 is 0.855 bits per heavy atom. The first-order valence-corrected chi connectivity index (χ1v) is 25.4. The van der Waals surface area contributed by atoms with E-state index in [1.807, 2.05) is 0 Å². The van der Waals surface area contributed by atoms with Crippen LogP contribution in [-0.4, -0.2) is 0 Å². The minimum absolute atomic E-state index is 0.143. The summed E-state index contributed by atoms with van der Waals surface area (Å²) in [7, 11) is 0. The maximum Gasteiger partial charge on any atom is 0.194 e. The lowest BCUT2D eigenvalue weighted by Gasteiger charge is -2.38. The average Bonchev–Trinajstić information content (AvgIpc) is 3.14. The standard InChI is InChI=1S/C30H37F5.C12H4BrF5.I2/c1-2-3-4-5-19-6-10-22(11-7-19)23-12-8-20(9-13-23)14-21-15-25(31)29(26(32)16-21)24-17-27(33)30(35)28(34)18-24;13-6-3-7(14)11(8(15)4-6)5-1-9(16)12(18)10(17)2-5;1-2/h15-20,22-23H,2-14H2,1H3;1-4H;. The molecule has 2 aliphatic carbocycles. The van der Waals surface area contributed by atoms with Crippen molar-refractivity contribution < 1.29 is 43.9 Å². The van der Waals surface area contributed by atoms with E-state index in [9.17, 15) is 43.9 Å². The summed E-state index contributed by atoms with van der Waals surface area (Å²) in [6.07, 6.45) is 16.0. The highest BCUT2D eigenvalue weighted by Crippen LogP contribution is 2.43. The van der Waals surface area contributed by atoms with E-state index in [2.05, 4.69) is 60.1 Å². The Balaban J connectivity index is 0.000000282. The monoisotopic (exact) mass is 1070 g/mol. The van der Waals surface area contributed by atoms with E-state index in [1.54, 1.807) is 0 Å². The zero-order valence-electron chi connectivity index (χ0n) is 30.0. The van der Waals surface area contributed by atoms with E-state index < -0.39 is 74.9 Å². The zero-order chi connectivity index (χ0) is 40.4. The molecule has 0 heterocycles. The van der Waals surface area contributed by atoms with Crippen molar-refractivity contribution in [1.82, 2.24) is 0 Å². The second kappa shape index (κ2) is 21.8. The van der Waals surface area contributed by atoms with E-state index in [1.165, 1.54) is 76.3 Å². The van der Waals surface area contributed by atoms with Crippen LogP contribution >= 0.6 is 53.2 Å². The molecule has 0 unspecified atom stereocenters. The van der Waals surface area contributed by atoms with Crippen LogP contribution in [0, 0.1) is 81.8 Å². The third-order valence-corrected chi connectivity index (χ3v) is 11.3. The molecule has 0 amide bonds. The molecule has 0 saturated heterocycles. The second-order valence-corrected chi connectivity index (χ2v) is 15.4. The van der Waals surface area contributed by atoms with Crippen molar-refractivity contribution in [3.63, 3.8) is 0 Å². The van der Waals surface area contributed by atoms with Crippen molar-refractivity contribution in [3.05, 3.63) is 117 Å². The Kier molecular flexibility index (Phi) is 18.1. The van der Waals surface area contributed by atoms with Gasteiger partial charge in [-0.3, -0.25) is 0 Å². The van der Waals surface area contributed by atoms with Crippen LogP contribution in [0.25, 0.3) is 22.3 Å². The van der Waals surface area contributed by atoms with E-state index in [-0.39, 0.29) is 10.0 Å². The van der Waals surface area contributed by atoms with Gasteiger partial charge in [0.15, 0.2) is 34.9 Å². The summed E-state index contributed by atoms with van der Waals surface area (Å²) in [5, 5.41) is 0. The Bertz CT molecular complexity index is 1800. The molecule has 0 nitrogen and oxygen atoms in total. The first-order valence-electron chi connectivity index (χ1n) is 18.3. The minimum atomic E-state index is -1.68. The Hall–Kier alpha value is -1.88. The van der Waals surface area contributed by atoms with Crippen LogP contribution in [0.15, 0.2) is 53.0 Å². The van der Waals surface area contributed by atoms with E-state index in [0.29, 0.717) is 42.2 Å². The van der Waals surface area contributed by atoms with Gasteiger partial charge >= 0.3 is 0 Å². The van der Waals surface area contributed by atoms with Crippen molar-refractivity contribution in [2.75, 3.05) is 0 Å². The zero-order valence-corrected chi connectivity index (χ0v) is 35.9. The average molecular weight is 1070 g/mol. The molecular weight excluding hydrogens is 1030 g/mol. The van der Waals surface area contributed by atoms with Crippen molar-refractivity contribution in [2.24, 2.45) is 23.7 Å². The SMILES string of the molecule is CCCCCC1CCC(C2CCC(Cc3cc(F)c(-c4cc(F)c(F)c(F)c4)c(F)c3)CC2)CC1.Fc1cc(-c2c(F)cc(Br)cc2F)cc(F)c1F.II. The largest absolute Gasteiger partial charge is 0.206 e. The highest BCUT2D eigenvalue weighted by Gasteiger charge is 2.31. The van der Waals surface area contributed by atoms with Gasteiger partial charge in [0.05, 0.1) is 11.1 Å². The molecule has 4 aromatic rings. The topological polar surface area (TPSA) is 0 Å². The predicted octanol–water partition coefficient (Wildman–Crippen LogP) is 16.4. The summed E-state index contributed by atoms with van der Waals surface area (Å²) in [6, 6.07) is 6.71. The highest BCUT2D eigenvalue weighted by atomic mass is 128. The number of rotatable bonds is 9.